The number of anilines is 1. The van der Waals surface area contributed by atoms with Crippen molar-refractivity contribution in [3.05, 3.63) is 23.9 Å². The van der Waals surface area contributed by atoms with Crippen LogP contribution >= 0.6 is 0 Å². The molecular weight excluding hydrogens is 162 g/mol. The van der Waals surface area contributed by atoms with Gasteiger partial charge in [0.05, 0.1) is 0 Å². The van der Waals surface area contributed by atoms with Crippen molar-refractivity contribution in [1.82, 2.24) is 4.98 Å². The van der Waals surface area contributed by atoms with Crippen LogP contribution in [0.1, 0.15) is 30.9 Å². The number of aromatic nitrogens is 1. The van der Waals surface area contributed by atoms with Gasteiger partial charge in [0.15, 0.2) is 0 Å². The molecule has 0 radical (unpaired) electrons. The predicted octanol–water partition coefficient (Wildman–Crippen LogP) is 1.46. The summed E-state index contributed by atoms with van der Waals surface area (Å²) in [6.45, 7) is 0. The van der Waals surface area contributed by atoms with Crippen LogP contribution in [-0.4, -0.2) is 4.98 Å². The number of hydrogen-bond acceptors (Lipinski definition) is 3. The monoisotopic (exact) mass is 177 g/mol. The second kappa shape index (κ2) is 3.34. The lowest BCUT2D eigenvalue weighted by molar-refractivity contribution is 0.597. The van der Waals surface area contributed by atoms with Crippen molar-refractivity contribution >= 4 is 5.82 Å². The lowest BCUT2D eigenvalue weighted by Crippen LogP contribution is -2.13. The summed E-state index contributed by atoms with van der Waals surface area (Å²) in [7, 11) is 0. The third kappa shape index (κ3) is 1.98. The summed E-state index contributed by atoms with van der Waals surface area (Å²) < 4.78 is 0. The normalized spacial score (nSPS) is 18.5. The highest BCUT2D eigenvalue weighted by Crippen LogP contribution is 2.37. The van der Waals surface area contributed by atoms with Gasteiger partial charge in [0.1, 0.15) is 5.82 Å². The van der Waals surface area contributed by atoms with E-state index in [1.165, 1.54) is 12.8 Å². The SMILES string of the molecule is Nc1ncccc1[C@@H](N)CC1CC1. The molecule has 3 heteroatoms. The highest BCUT2D eigenvalue weighted by molar-refractivity contribution is 5.40. The van der Waals surface area contributed by atoms with E-state index < -0.39 is 0 Å². The minimum atomic E-state index is 0.0706. The van der Waals surface area contributed by atoms with Gasteiger partial charge in [-0.2, -0.15) is 0 Å². The topological polar surface area (TPSA) is 64.9 Å². The largest absolute Gasteiger partial charge is 0.383 e. The number of nitrogens with zero attached hydrogens (tertiary/aromatic N) is 1. The summed E-state index contributed by atoms with van der Waals surface area (Å²) >= 11 is 0. The molecule has 0 aromatic carbocycles. The van der Waals surface area contributed by atoms with E-state index in [1.54, 1.807) is 6.20 Å². The number of nitrogens with two attached hydrogens (primary N) is 2. The molecule has 0 unspecified atom stereocenters. The van der Waals surface area contributed by atoms with Crippen molar-refractivity contribution in [3.8, 4) is 0 Å². The summed E-state index contributed by atoms with van der Waals surface area (Å²) in [6, 6.07) is 3.93. The van der Waals surface area contributed by atoms with Gasteiger partial charge in [-0.3, -0.25) is 0 Å². The van der Waals surface area contributed by atoms with Crippen LogP contribution in [0.4, 0.5) is 5.82 Å². The van der Waals surface area contributed by atoms with E-state index in [9.17, 15) is 0 Å². The Morgan fingerprint density at radius 2 is 2.31 bits per heavy atom. The lowest BCUT2D eigenvalue weighted by Gasteiger charge is -2.12. The molecule has 70 valence electrons. The molecule has 1 aromatic rings. The van der Waals surface area contributed by atoms with E-state index in [1.807, 2.05) is 12.1 Å². The summed E-state index contributed by atoms with van der Waals surface area (Å²) in [5.74, 6) is 1.41. The van der Waals surface area contributed by atoms with E-state index in [0.29, 0.717) is 5.82 Å². The Balaban J connectivity index is 2.09. The van der Waals surface area contributed by atoms with Gasteiger partial charge in [-0.15, -0.1) is 0 Å². The fourth-order valence-electron chi connectivity index (χ4n) is 1.58. The van der Waals surface area contributed by atoms with E-state index in [2.05, 4.69) is 4.98 Å². The van der Waals surface area contributed by atoms with E-state index in [4.69, 9.17) is 11.5 Å². The summed E-state index contributed by atoms with van der Waals surface area (Å²) in [5, 5.41) is 0. The smallest absolute Gasteiger partial charge is 0.128 e. The van der Waals surface area contributed by atoms with Crippen LogP contribution in [0.15, 0.2) is 18.3 Å². The zero-order valence-corrected chi connectivity index (χ0v) is 7.61. The molecule has 4 N–H and O–H groups in total. The van der Waals surface area contributed by atoms with Gasteiger partial charge in [0.25, 0.3) is 0 Å². The van der Waals surface area contributed by atoms with Crippen molar-refractivity contribution in [2.45, 2.75) is 25.3 Å². The predicted molar refractivity (Wildman–Crippen MR) is 52.9 cm³/mol. The van der Waals surface area contributed by atoms with E-state index in [0.717, 1.165) is 17.9 Å². The Hall–Kier alpha value is -1.09. The minimum Gasteiger partial charge on any atom is -0.383 e. The van der Waals surface area contributed by atoms with Crippen molar-refractivity contribution < 1.29 is 0 Å². The number of rotatable bonds is 3. The molecule has 3 nitrogen and oxygen atoms in total. The Labute approximate surface area is 78.1 Å². The van der Waals surface area contributed by atoms with Crippen LogP contribution in [0.3, 0.4) is 0 Å². The Morgan fingerprint density at radius 1 is 1.54 bits per heavy atom. The van der Waals surface area contributed by atoms with Gasteiger partial charge in [-0.05, 0) is 18.4 Å². The van der Waals surface area contributed by atoms with Crippen LogP contribution in [-0.2, 0) is 0 Å². The molecule has 1 fully saturated rings. The van der Waals surface area contributed by atoms with Crippen molar-refractivity contribution in [2.75, 3.05) is 5.73 Å². The zero-order valence-electron chi connectivity index (χ0n) is 7.61. The standard InChI is InChI=1S/C10H15N3/c11-9(6-7-3-4-7)8-2-1-5-13-10(8)12/h1-2,5,7,9H,3-4,6,11H2,(H2,12,13)/t9-/m0/s1. The Bertz CT molecular complexity index is 294. The van der Waals surface area contributed by atoms with Gasteiger partial charge >= 0.3 is 0 Å². The lowest BCUT2D eigenvalue weighted by atomic mass is 10.0. The molecule has 1 aromatic heterocycles. The van der Waals surface area contributed by atoms with Gasteiger partial charge < -0.3 is 11.5 Å². The van der Waals surface area contributed by atoms with Crippen molar-refractivity contribution in [1.29, 1.82) is 0 Å². The molecule has 1 aliphatic rings. The molecule has 0 aliphatic heterocycles. The van der Waals surface area contributed by atoms with Gasteiger partial charge in [-0.25, -0.2) is 4.98 Å². The van der Waals surface area contributed by atoms with Crippen molar-refractivity contribution in [2.24, 2.45) is 11.7 Å². The first kappa shape index (κ1) is 8.51. The van der Waals surface area contributed by atoms with Gasteiger partial charge in [-0.1, -0.05) is 18.9 Å². The maximum atomic E-state index is 6.02. The van der Waals surface area contributed by atoms with Crippen LogP contribution in [0, 0.1) is 5.92 Å². The first-order chi connectivity index (χ1) is 6.27. The summed E-state index contributed by atoms with van der Waals surface area (Å²) in [5.41, 5.74) is 12.7. The van der Waals surface area contributed by atoms with Crippen molar-refractivity contribution in [3.63, 3.8) is 0 Å². The average Bonchev–Trinajstić information content (AvgIpc) is 2.89. The fourth-order valence-corrected chi connectivity index (χ4v) is 1.58. The minimum absolute atomic E-state index is 0.0706. The van der Waals surface area contributed by atoms with Crippen LogP contribution < -0.4 is 11.5 Å². The molecule has 1 heterocycles. The number of nitrogen functional groups attached to an aromatic ring is 1. The van der Waals surface area contributed by atoms with Crippen LogP contribution in [0.5, 0.6) is 0 Å². The van der Waals surface area contributed by atoms with E-state index >= 15 is 0 Å². The molecule has 13 heavy (non-hydrogen) atoms. The molecule has 1 atom stereocenters. The maximum Gasteiger partial charge on any atom is 0.128 e. The quantitative estimate of drug-likeness (QED) is 0.734. The average molecular weight is 177 g/mol. The summed E-state index contributed by atoms with van der Waals surface area (Å²) in [4.78, 5) is 4.03. The van der Waals surface area contributed by atoms with Gasteiger partial charge in [0, 0.05) is 17.8 Å². The molecule has 2 rings (SSSR count). The van der Waals surface area contributed by atoms with Crippen LogP contribution in [0.25, 0.3) is 0 Å². The van der Waals surface area contributed by atoms with E-state index in [-0.39, 0.29) is 6.04 Å². The molecule has 1 aliphatic carbocycles. The summed E-state index contributed by atoms with van der Waals surface area (Å²) in [6.07, 6.45) is 5.40. The second-order valence-electron chi connectivity index (χ2n) is 3.76. The molecule has 0 amide bonds. The first-order valence-corrected chi connectivity index (χ1v) is 4.73. The Kier molecular flexibility index (Phi) is 2.19. The number of pyridine rings is 1. The zero-order chi connectivity index (χ0) is 9.26. The molecule has 0 bridgehead atoms. The second-order valence-corrected chi connectivity index (χ2v) is 3.76. The number of hydrogen-bond donors (Lipinski definition) is 2. The molecule has 1 saturated carbocycles. The fraction of sp³-hybridized carbons (Fsp3) is 0.500. The first-order valence-electron chi connectivity index (χ1n) is 4.73. The molecule has 0 saturated heterocycles. The molecular formula is C10H15N3. The Morgan fingerprint density at radius 3 is 2.92 bits per heavy atom. The molecule has 0 spiro atoms. The van der Waals surface area contributed by atoms with Crippen LogP contribution in [0.2, 0.25) is 0 Å². The third-order valence-electron chi connectivity index (χ3n) is 2.55. The van der Waals surface area contributed by atoms with Gasteiger partial charge in [0.2, 0.25) is 0 Å². The maximum absolute atomic E-state index is 6.02. The highest BCUT2D eigenvalue weighted by atomic mass is 14.8. The third-order valence-corrected chi connectivity index (χ3v) is 2.55. The highest BCUT2D eigenvalue weighted by Gasteiger charge is 2.25.